The van der Waals surface area contributed by atoms with Crippen LogP contribution in [0.25, 0.3) is 0 Å². The first-order valence-electron chi connectivity index (χ1n) is 6.76. The highest BCUT2D eigenvalue weighted by molar-refractivity contribution is 4.92. The van der Waals surface area contributed by atoms with E-state index in [1.165, 1.54) is 32.1 Å². The van der Waals surface area contributed by atoms with Gasteiger partial charge in [-0.05, 0) is 32.6 Å². The Bertz CT molecular complexity index is 352. The molecule has 1 atom stereocenters. The molecule has 0 aliphatic heterocycles. The van der Waals surface area contributed by atoms with Crippen molar-refractivity contribution in [3.63, 3.8) is 0 Å². The average molecular weight is 236 g/mol. The van der Waals surface area contributed by atoms with Gasteiger partial charge in [-0.2, -0.15) is 0 Å². The van der Waals surface area contributed by atoms with Crippen molar-refractivity contribution in [2.45, 2.75) is 58.5 Å². The van der Waals surface area contributed by atoms with E-state index in [0.717, 1.165) is 24.1 Å². The Morgan fingerprint density at radius 1 is 1.29 bits per heavy atom. The van der Waals surface area contributed by atoms with Crippen LogP contribution >= 0.6 is 0 Å². The Hall–Kier alpha value is -0.900. The zero-order chi connectivity index (χ0) is 12.3. The van der Waals surface area contributed by atoms with Crippen LogP contribution in [0.3, 0.4) is 0 Å². The summed E-state index contributed by atoms with van der Waals surface area (Å²) in [5, 5.41) is 11.9. The minimum atomic E-state index is 0.590. The van der Waals surface area contributed by atoms with E-state index in [2.05, 4.69) is 27.0 Å². The van der Waals surface area contributed by atoms with Gasteiger partial charge in [0.25, 0.3) is 0 Å². The lowest BCUT2D eigenvalue weighted by molar-refractivity contribution is 0.279. The number of hydrogen-bond donors (Lipinski definition) is 1. The molecule has 1 heterocycles. The summed E-state index contributed by atoms with van der Waals surface area (Å²) in [6, 6.07) is 0.590. The van der Waals surface area contributed by atoms with Crippen LogP contribution in [-0.2, 0) is 13.6 Å². The van der Waals surface area contributed by atoms with Crippen LogP contribution in [0.1, 0.15) is 50.7 Å². The molecule has 1 aliphatic rings. The van der Waals surface area contributed by atoms with Gasteiger partial charge in [0, 0.05) is 13.1 Å². The first-order valence-corrected chi connectivity index (χ1v) is 6.76. The van der Waals surface area contributed by atoms with Crippen molar-refractivity contribution in [2.24, 2.45) is 13.0 Å². The fraction of sp³-hybridized carbons (Fsp3) is 0.846. The molecule has 1 saturated carbocycles. The normalized spacial score (nSPS) is 19.5. The molecule has 17 heavy (non-hydrogen) atoms. The van der Waals surface area contributed by atoms with Gasteiger partial charge in [0.2, 0.25) is 0 Å². The third-order valence-electron chi connectivity index (χ3n) is 4.12. The van der Waals surface area contributed by atoms with Gasteiger partial charge in [-0.15, -0.1) is 10.2 Å². The second-order valence-corrected chi connectivity index (χ2v) is 5.29. The smallest absolute Gasteiger partial charge is 0.146 e. The van der Waals surface area contributed by atoms with E-state index in [-0.39, 0.29) is 0 Å². The summed E-state index contributed by atoms with van der Waals surface area (Å²) >= 11 is 0. The molecule has 0 aromatic carbocycles. The average Bonchev–Trinajstić information content (AvgIpc) is 2.68. The molecule has 1 fully saturated rings. The molecule has 0 bridgehead atoms. The van der Waals surface area contributed by atoms with E-state index in [9.17, 15) is 0 Å². The Labute approximate surface area is 104 Å². The summed E-state index contributed by atoms with van der Waals surface area (Å²) in [6.07, 6.45) is 6.99. The van der Waals surface area contributed by atoms with E-state index >= 15 is 0 Å². The van der Waals surface area contributed by atoms with Crippen LogP contribution < -0.4 is 5.32 Å². The highest BCUT2D eigenvalue weighted by Crippen LogP contribution is 2.26. The molecular weight excluding hydrogens is 212 g/mol. The topological polar surface area (TPSA) is 42.7 Å². The van der Waals surface area contributed by atoms with Crippen molar-refractivity contribution < 1.29 is 0 Å². The van der Waals surface area contributed by atoms with Crippen LogP contribution in [0.2, 0.25) is 0 Å². The van der Waals surface area contributed by atoms with Gasteiger partial charge in [-0.1, -0.05) is 19.3 Å². The first kappa shape index (κ1) is 12.6. The van der Waals surface area contributed by atoms with Crippen molar-refractivity contribution in [2.75, 3.05) is 0 Å². The number of rotatable bonds is 4. The molecule has 4 nitrogen and oxygen atoms in total. The van der Waals surface area contributed by atoms with E-state index in [1.54, 1.807) is 0 Å². The van der Waals surface area contributed by atoms with E-state index in [1.807, 2.05) is 14.0 Å². The van der Waals surface area contributed by atoms with Crippen molar-refractivity contribution in [1.82, 2.24) is 20.1 Å². The fourth-order valence-corrected chi connectivity index (χ4v) is 2.66. The molecule has 1 aromatic heterocycles. The molecular formula is C13H24N4. The van der Waals surface area contributed by atoms with Crippen LogP contribution in [0.4, 0.5) is 0 Å². The second-order valence-electron chi connectivity index (χ2n) is 5.29. The standard InChI is InChI=1S/C13H24N4/c1-10(12-7-5-4-6-8-12)14-9-13-16-15-11(2)17(13)3/h10,12,14H,4-9H2,1-3H3/t10-/m0/s1. The molecule has 2 rings (SSSR count). The molecule has 0 radical (unpaired) electrons. The number of nitrogens with zero attached hydrogens (tertiary/aromatic N) is 3. The molecule has 96 valence electrons. The van der Waals surface area contributed by atoms with Gasteiger partial charge in [0.1, 0.15) is 11.6 Å². The lowest BCUT2D eigenvalue weighted by Crippen LogP contribution is -2.34. The Morgan fingerprint density at radius 3 is 2.59 bits per heavy atom. The zero-order valence-electron chi connectivity index (χ0n) is 11.2. The largest absolute Gasteiger partial charge is 0.317 e. The predicted octanol–water partition coefficient (Wildman–Crippen LogP) is 2.18. The number of aryl methyl sites for hydroxylation is 1. The highest BCUT2D eigenvalue weighted by Gasteiger charge is 2.19. The minimum absolute atomic E-state index is 0.590. The monoisotopic (exact) mass is 236 g/mol. The molecule has 0 spiro atoms. The van der Waals surface area contributed by atoms with Gasteiger partial charge in [-0.3, -0.25) is 0 Å². The Morgan fingerprint density at radius 2 is 2.00 bits per heavy atom. The number of nitrogens with one attached hydrogen (secondary N) is 1. The molecule has 0 amide bonds. The van der Waals surface area contributed by atoms with Gasteiger partial charge < -0.3 is 9.88 Å². The lowest BCUT2D eigenvalue weighted by Gasteiger charge is -2.28. The maximum absolute atomic E-state index is 4.18. The Kier molecular flexibility index (Phi) is 4.15. The maximum atomic E-state index is 4.18. The SMILES string of the molecule is Cc1nnc(CN[C@@H](C)C2CCCCC2)n1C. The van der Waals surface area contributed by atoms with Crippen LogP contribution in [0.15, 0.2) is 0 Å². The summed E-state index contributed by atoms with van der Waals surface area (Å²) in [6.45, 7) is 5.12. The summed E-state index contributed by atoms with van der Waals surface area (Å²) in [5.74, 6) is 2.86. The van der Waals surface area contributed by atoms with Crippen molar-refractivity contribution in [1.29, 1.82) is 0 Å². The lowest BCUT2D eigenvalue weighted by atomic mass is 9.84. The van der Waals surface area contributed by atoms with E-state index in [4.69, 9.17) is 0 Å². The highest BCUT2D eigenvalue weighted by atomic mass is 15.3. The summed E-state index contributed by atoms with van der Waals surface area (Å²) in [7, 11) is 2.03. The quantitative estimate of drug-likeness (QED) is 0.871. The summed E-state index contributed by atoms with van der Waals surface area (Å²) < 4.78 is 2.06. The zero-order valence-corrected chi connectivity index (χ0v) is 11.2. The minimum Gasteiger partial charge on any atom is -0.317 e. The van der Waals surface area contributed by atoms with Gasteiger partial charge >= 0.3 is 0 Å². The van der Waals surface area contributed by atoms with Crippen LogP contribution in [0.5, 0.6) is 0 Å². The molecule has 1 N–H and O–H groups in total. The predicted molar refractivity (Wildman–Crippen MR) is 68.6 cm³/mol. The Balaban J connectivity index is 1.83. The maximum Gasteiger partial charge on any atom is 0.146 e. The van der Waals surface area contributed by atoms with E-state index in [0.29, 0.717) is 6.04 Å². The van der Waals surface area contributed by atoms with Gasteiger partial charge in [0.15, 0.2) is 0 Å². The molecule has 1 aliphatic carbocycles. The van der Waals surface area contributed by atoms with Crippen LogP contribution in [0, 0.1) is 12.8 Å². The van der Waals surface area contributed by atoms with Crippen molar-refractivity contribution in [3.05, 3.63) is 11.6 Å². The van der Waals surface area contributed by atoms with E-state index < -0.39 is 0 Å². The molecule has 1 aromatic rings. The van der Waals surface area contributed by atoms with Gasteiger partial charge in [0.05, 0.1) is 6.54 Å². The van der Waals surface area contributed by atoms with Crippen molar-refractivity contribution >= 4 is 0 Å². The molecule has 4 heteroatoms. The van der Waals surface area contributed by atoms with Crippen LogP contribution in [-0.4, -0.2) is 20.8 Å². The third-order valence-corrected chi connectivity index (χ3v) is 4.12. The second kappa shape index (κ2) is 5.63. The molecule has 0 unspecified atom stereocenters. The first-order chi connectivity index (χ1) is 8.18. The number of hydrogen-bond acceptors (Lipinski definition) is 3. The third kappa shape index (κ3) is 3.06. The number of aromatic nitrogens is 3. The fourth-order valence-electron chi connectivity index (χ4n) is 2.66. The summed E-state index contributed by atoms with van der Waals surface area (Å²) in [5.41, 5.74) is 0. The summed E-state index contributed by atoms with van der Waals surface area (Å²) in [4.78, 5) is 0. The van der Waals surface area contributed by atoms with Gasteiger partial charge in [-0.25, -0.2) is 0 Å². The molecule has 0 saturated heterocycles. The van der Waals surface area contributed by atoms with Crippen molar-refractivity contribution in [3.8, 4) is 0 Å².